The molecule has 3 N–H and O–H groups in total. The Labute approximate surface area is 145 Å². The molecule has 0 unspecified atom stereocenters. The van der Waals surface area contributed by atoms with Crippen molar-refractivity contribution >= 4 is 29.1 Å². The van der Waals surface area contributed by atoms with Crippen LogP contribution < -0.4 is 16.0 Å². The normalized spacial score (nSPS) is 18.6. The minimum atomic E-state index is -0.690. The molecule has 0 aliphatic carbocycles. The minimum Gasteiger partial charge on any atom is -0.368 e. The first kappa shape index (κ1) is 16.5. The molecule has 3 rings (SSSR count). The first-order valence-electron chi connectivity index (χ1n) is 7.73. The molecule has 1 saturated heterocycles. The molecule has 1 aliphatic rings. The molecular weight excluding hydrogens is 326 g/mol. The van der Waals surface area contributed by atoms with Gasteiger partial charge in [0.15, 0.2) is 0 Å². The summed E-state index contributed by atoms with van der Waals surface area (Å²) in [6.07, 6.45) is 0.609. The van der Waals surface area contributed by atoms with Gasteiger partial charge in [-0.2, -0.15) is 0 Å². The number of amides is 2. The second-order valence-electron chi connectivity index (χ2n) is 5.72. The van der Waals surface area contributed by atoms with Gasteiger partial charge in [0.25, 0.3) is 0 Å². The van der Waals surface area contributed by atoms with Gasteiger partial charge >= 0.3 is 0 Å². The summed E-state index contributed by atoms with van der Waals surface area (Å²) in [7, 11) is 0. The zero-order valence-electron chi connectivity index (χ0n) is 13.0. The Hall–Kier alpha value is -2.37. The van der Waals surface area contributed by atoms with E-state index in [0.717, 1.165) is 11.3 Å². The molecule has 1 heterocycles. The van der Waals surface area contributed by atoms with Crippen molar-refractivity contribution in [2.75, 3.05) is 11.4 Å². The number of nitrogens with zero attached hydrogens (tertiary/aromatic N) is 1. The van der Waals surface area contributed by atoms with Gasteiger partial charge in [-0.3, -0.25) is 14.9 Å². The molecule has 2 atom stereocenters. The van der Waals surface area contributed by atoms with Gasteiger partial charge in [-0.15, -0.1) is 0 Å². The molecule has 124 valence electrons. The number of halogens is 1. The molecular formula is C18H18ClN3O2. The molecule has 0 saturated carbocycles. The van der Waals surface area contributed by atoms with E-state index in [9.17, 15) is 9.59 Å². The Morgan fingerprint density at radius 2 is 1.83 bits per heavy atom. The highest BCUT2D eigenvalue weighted by Gasteiger charge is 2.35. The summed E-state index contributed by atoms with van der Waals surface area (Å²) in [5, 5.41) is 3.72. The van der Waals surface area contributed by atoms with E-state index >= 15 is 0 Å². The highest BCUT2D eigenvalue weighted by molar-refractivity contribution is 6.30. The molecule has 1 aliphatic heterocycles. The number of carbonyl (C=O) groups excluding carboxylic acids is 2. The Morgan fingerprint density at radius 1 is 1.17 bits per heavy atom. The van der Waals surface area contributed by atoms with Gasteiger partial charge in [0.05, 0.1) is 6.04 Å². The number of nitrogens with one attached hydrogen (secondary N) is 1. The largest absolute Gasteiger partial charge is 0.368 e. The van der Waals surface area contributed by atoms with E-state index in [4.69, 9.17) is 17.3 Å². The molecule has 0 aromatic heterocycles. The summed E-state index contributed by atoms with van der Waals surface area (Å²) >= 11 is 5.89. The molecule has 24 heavy (non-hydrogen) atoms. The second kappa shape index (κ2) is 7.03. The van der Waals surface area contributed by atoms with Crippen molar-refractivity contribution in [1.29, 1.82) is 0 Å². The number of anilines is 1. The molecule has 0 bridgehead atoms. The van der Waals surface area contributed by atoms with E-state index in [0.29, 0.717) is 18.0 Å². The lowest BCUT2D eigenvalue weighted by atomic mass is 10.0. The van der Waals surface area contributed by atoms with E-state index in [1.807, 2.05) is 42.5 Å². The van der Waals surface area contributed by atoms with Crippen LogP contribution in [0.5, 0.6) is 0 Å². The highest BCUT2D eigenvalue weighted by Crippen LogP contribution is 2.25. The zero-order valence-corrected chi connectivity index (χ0v) is 13.7. The fourth-order valence-corrected chi connectivity index (χ4v) is 3.03. The molecule has 0 spiro atoms. The van der Waals surface area contributed by atoms with Gasteiger partial charge in [-0.1, -0.05) is 41.9 Å². The number of benzene rings is 2. The van der Waals surface area contributed by atoms with Crippen LogP contribution in [-0.2, 0) is 9.59 Å². The molecule has 2 aromatic rings. The van der Waals surface area contributed by atoms with Crippen molar-refractivity contribution in [3.63, 3.8) is 0 Å². The summed E-state index contributed by atoms with van der Waals surface area (Å²) in [4.78, 5) is 26.2. The Bertz CT molecular complexity index is 734. The fraction of sp³-hybridized carbons (Fsp3) is 0.222. The standard InChI is InChI=1S/C18H18ClN3O2/c19-13-6-8-14(9-7-13)22-11-10-15(18(22)24)21-16(17(20)23)12-4-2-1-3-5-12/h1-9,15-16,21H,10-11H2,(H2,20,23)/t15-,16+/m1/s1. The number of nitrogens with two attached hydrogens (primary N) is 1. The van der Waals surface area contributed by atoms with Gasteiger partial charge < -0.3 is 10.6 Å². The van der Waals surface area contributed by atoms with Crippen LogP contribution in [0.25, 0.3) is 0 Å². The molecule has 2 amide bonds. The third-order valence-electron chi connectivity index (χ3n) is 4.13. The van der Waals surface area contributed by atoms with Crippen molar-refractivity contribution in [2.45, 2.75) is 18.5 Å². The Balaban J connectivity index is 1.75. The van der Waals surface area contributed by atoms with E-state index in [-0.39, 0.29) is 5.91 Å². The van der Waals surface area contributed by atoms with Crippen molar-refractivity contribution in [3.05, 3.63) is 65.2 Å². The summed E-state index contributed by atoms with van der Waals surface area (Å²) < 4.78 is 0. The first-order chi connectivity index (χ1) is 11.6. The maximum Gasteiger partial charge on any atom is 0.244 e. The molecule has 2 aromatic carbocycles. The van der Waals surface area contributed by atoms with Gasteiger partial charge in [0.2, 0.25) is 11.8 Å². The van der Waals surface area contributed by atoms with Crippen LogP contribution in [0.15, 0.2) is 54.6 Å². The van der Waals surface area contributed by atoms with Crippen LogP contribution in [0.4, 0.5) is 5.69 Å². The summed E-state index contributed by atoms with van der Waals surface area (Å²) in [5.74, 6) is -0.571. The predicted octanol–water partition coefficient (Wildman–Crippen LogP) is 2.26. The zero-order chi connectivity index (χ0) is 17.1. The van der Waals surface area contributed by atoms with Crippen LogP contribution in [0, 0.1) is 0 Å². The molecule has 0 radical (unpaired) electrons. The van der Waals surface area contributed by atoms with Gasteiger partial charge in [0.1, 0.15) is 6.04 Å². The van der Waals surface area contributed by atoms with E-state index < -0.39 is 18.0 Å². The average molecular weight is 344 g/mol. The molecule has 6 heteroatoms. The van der Waals surface area contributed by atoms with E-state index in [1.165, 1.54) is 0 Å². The maximum absolute atomic E-state index is 12.7. The summed E-state index contributed by atoms with van der Waals surface area (Å²) in [5.41, 5.74) is 7.06. The van der Waals surface area contributed by atoms with E-state index in [2.05, 4.69) is 5.32 Å². The molecule has 5 nitrogen and oxygen atoms in total. The van der Waals surface area contributed by atoms with Crippen LogP contribution in [-0.4, -0.2) is 24.4 Å². The summed E-state index contributed by atoms with van der Waals surface area (Å²) in [6, 6.07) is 15.2. The minimum absolute atomic E-state index is 0.0699. The van der Waals surface area contributed by atoms with Crippen LogP contribution in [0.2, 0.25) is 5.02 Å². The lowest BCUT2D eigenvalue weighted by Gasteiger charge is -2.21. The Kier molecular flexibility index (Phi) is 4.83. The number of rotatable bonds is 5. The summed E-state index contributed by atoms with van der Waals surface area (Å²) in [6.45, 7) is 0.582. The van der Waals surface area contributed by atoms with Crippen molar-refractivity contribution in [3.8, 4) is 0 Å². The predicted molar refractivity (Wildman–Crippen MR) is 93.7 cm³/mol. The monoisotopic (exact) mass is 343 g/mol. The highest BCUT2D eigenvalue weighted by atomic mass is 35.5. The van der Waals surface area contributed by atoms with Gasteiger partial charge in [0, 0.05) is 17.3 Å². The van der Waals surface area contributed by atoms with Crippen molar-refractivity contribution in [1.82, 2.24) is 5.32 Å². The topological polar surface area (TPSA) is 75.4 Å². The average Bonchev–Trinajstić information content (AvgIpc) is 2.94. The van der Waals surface area contributed by atoms with Crippen molar-refractivity contribution < 1.29 is 9.59 Å². The van der Waals surface area contributed by atoms with Gasteiger partial charge in [-0.05, 0) is 36.2 Å². The number of carbonyl (C=O) groups is 2. The number of hydrogen-bond donors (Lipinski definition) is 2. The first-order valence-corrected chi connectivity index (χ1v) is 8.11. The van der Waals surface area contributed by atoms with Gasteiger partial charge in [-0.25, -0.2) is 0 Å². The maximum atomic E-state index is 12.7. The third kappa shape index (κ3) is 3.42. The lowest BCUT2D eigenvalue weighted by molar-refractivity contribution is -0.121. The molecule has 1 fully saturated rings. The lowest BCUT2D eigenvalue weighted by Crippen LogP contribution is -2.44. The second-order valence-corrected chi connectivity index (χ2v) is 6.16. The van der Waals surface area contributed by atoms with E-state index in [1.54, 1.807) is 17.0 Å². The Morgan fingerprint density at radius 3 is 2.46 bits per heavy atom. The van der Waals surface area contributed by atoms with Crippen LogP contribution in [0.1, 0.15) is 18.0 Å². The van der Waals surface area contributed by atoms with Crippen molar-refractivity contribution in [2.24, 2.45) is 5.73 Å². The number of primary amides is 1. The third-order valence-corrected chi connectivity index (χ3v) is 4.38. The fourth-order valence-electron chi connectivity index (χ4n) is 2.90. The number of hydrogen-bond acceptors (Lipinski definition) is 3. The van der Waals surface area contributed by atoms with Crippen LogP contribution in [0.3, 0.4) is 0 Å². The quantitative estimate of drug-likeness (QED) is 0.874. The SMILES string of the molecule is NC(=O)[C@@H](N[C@@H]1CCN(c2ccc(Cl)cc2)C1=O)c1ccccc1. The smallest absolute Gasteiger partial charge is 0.244 e. The van der Waals surface area contributed by atoms with Crippen LogP contribution >= 0.6 is 11.6 Å².